The standard InChI is InChI=1S/C25H25ClFN3OS/c1-5-10-30-21-13-20(26)16(11-19(21)15(2)14-25(30,3)4)12-22-23(31)29-24(32-22)28-18-8-6-17(27)7-9-18/h6-9,11-14H,5,10H2,1-4H3,(H,28,29,31)/b22-12+. The van der Waals surface area contributed by atoms with Gasteiger partial charge in [0, 0.05) is 22.8 Å². The van der Waals surface area contributed by atoms with Crippen LogP contribution in [0.5, 0.6) is 0 Å². The molecule has 2 aliphatic heterocycles. The van der Waals surface area contributed by atoms with Crippen molar-refractivity contribution in [2.24, 2.45) is 4.99 Å². The topological polar surface area (TPSA) is 44.7 Å². The van der Waals surface area contributed by atoms with E-state index in [2.05, 4.69) is 55.0 Å². The van der Waals surface area contributed by atoms with Crippen molar-refractivity contribution in [2.45, 2.75) is 39.7 Å². The molecule has 1 amide bonds. The first-order chi connectivity index (χ1) is 15.2. The first kappa shape index (κ1) is 22.6. The van der Waals surface area contributed by atoms with E-state index in [1.54, 1.807) is 18.2 Å². The zero-order valence-corrected chi connectivity index (χ0v) is 20.1. The number of halogens is 2. The van der Waals surface area contributed by atoms with Crippen molar-refractivity contribution in [2.75, 3.05) is 11.4 Å². The number of nitrogens with zero attached hydrogens (tertiary/aromatic N) is 2. The predicted molar refractivity (Wildman–Crippen MR) is 134 cm³/mol. The minimum absolute atomic E-state index is 0.0939. The van der Waals surface area contributed by atoms with Gasteiger partial charge in [0.25, 0.3) is 5.91 Å². The number of anilines is 1. The lowest BCUT2D eigenvalue weighted by molar-refractivity contribution is -0.115. The van der Waals surface area contributed by atoms with Crippen molar-refractivity contribution >= 4 is 57.5 Å². The number of aliphatic imine (C=N–C) groups is 1. The molecule has 7 heteroatoms. The summed E-state index contributed by atoms with van der Waals surface area (Å²) in [4.78, 5) is 19.8. The van der Waals surface area contributed by atoms with Gasteiger partial charge in [-0.15, -0.1) is 0 Å². The second-order valence-electron chi connectivity index (χ2n) is 8.48. The molecular weight excluding hydrogens is 445 g/mol. The Kier molecular flexibility index (Phi) is 6.19. The third-order valence-electron chi connectivity index (χ3n) is 5.54. The number of hydrogen-bond acceptors (Lipinski definition) is 4. The molecule has 2 aromatic carbocycles. The molecule has 2 heterocycles. The molecule has 0 aromatic heterocycles. The Hall–Kier alpha value is -2.57. The van der Waals surface area contributed by atoms with Crippen molar-refractivity contribution in [3.05, 3.63) is 69.3 Å². The minimum Gasteiger partial charge on any atom is -0.362 e. The third kappa shape index (κ3) is 4.48. The van der Waals surface area contributed by atoms with Crippen molar-refractivity contribution in [3.63, 3.8) is 0 Å². The van der Waals surface area contributed by atoms with Gasteiger partial charge in [0.2, 0.25) is 0 Å². The van der Waals surface area contributed by atoms with E-state index in [0.717, 1.165) is 29.8 Å². The summed E-state index contributed by atoms with van der Waals surface area (Å²) in [6.45, 7) is 9.63. The number of thioether (sulfide) groups is 1. The quantitative estimate of drug-likeness (QED) is 0.502. The van der Waals surface area contributed by atoms with Crippen LogP contribution in [0.25, 0.3) is 11.6 Å². The number of rotatable bonds is 4. The van der Waals surface area contributed by atoms with Crippen molar-refractivity contribution in [1.82, 2.24) is 5.32 Å². The molecule has 1 fully saturated rings. The third-order valence-corrected chi connectivity index (χ3v) is 6.78. The van der Waals surface area contributed by atoms with Crippen molar-refractivity contribution in [1.29, 1.82) is 0 Å². The number of amidine groups is 1. The molecule has 166 valence electrons. The lowest BCUT2D eigenvalue weighted by atomic mass is 9.87. The maximum atomic E-state index is 13.1. The van der Waals surface area contributed by atoms with Gasteiger partial charge < -0.3 is 10.2 Å². The van der Waals surface area contributed by atoms with Gasteiger partial charge in [-0.05, 0) is 92.6 Å². The summed E-state index contributed by atoms with van der Waals surface area (Å²) < 4.78 is 13.1. The highest BCUT2D eigenvalue weighted by Gasteiger charge is 2.31. The van der Waals surface area contributed by atoms with E-state index in [1.165, 1.54) is 29.5 Å². The van der Waals surface area contributed by atoms with E-state index >= 15 is 0 Å². The number of nitrogens with one attached hydrogen (secondary N) is 1. The Bertz CT molecular complexity index is 1170. The maximum Gasteiger partial charge on any atom is 0.264 e. The highest BCUT2D eigenvalue weighted by atomic mass is 35.5. The van der Waals surface area contributed by atoms with Gasteiger partial charge in [-0.2, -0.15) is 0 Å². The molecular formula is C25H25ClFN3OS. The van der Waals surface area contributed by atoms with E-state index in [9.17, 15) is 9.18 Å². The van der Waals surface area contributed by atoms with Gasteiger partial charge >= 0.3 is 0 Å². The second-order valence-corrected chi connectivity index (χ2v) is 9.92. The maximum absolute atomic E-state index is 13.1. The van der Waals surface area contributed by atoms with Gasteiger partial charge in [-0.3, -0.25) is 4.79 Å². The summed E-state index contributed by atoms with van der Waals surface area (Å²) in [5.74, 6) is -0.560. The summed E-state index contributed by atoms with van der Waals surface area (Å²) in [6, 6.07) is 9.86. The Morgan fingerprint density at radius 2 is 1.97 bits per heavy atom. The average Bonchev–Trinajstić information content (AvgIpc) is 3.06. The first-order valence-corrected chi connectivity index (χ1v) is 11.7. The molecule has 0 atom stereocenters. The van der Waals surface area contributed by atoms with Gasteiger partial charge in [0.05, 0.1) is 16.1 Å². The molecule has 0 aliphatic carbocycles. The van der Waals surface area contributed by atoms with Crippen LogP contribution in [0.1, 0.15) is 45.2 Å². The molecule has 0 spiro atoms. The van der Waals surface area contributed by atoms with Gasteiger partial charge in [-0.1, -0.05) is 24.6 Å². The Morgan fingerprint density at radius 1 is 1.25 bits per heavy atom. The lowest BCUT2D eigenvalue weighted by Gasteiger charge is -2.43. The number of benzene rings is 2. The molecule has 1 saturated heterocycles. The molecule has 0 saturated carbocycles. The van der Waals surface area contributed by atoms with E-state index in [-0.39, 0.29) is 17.3 Å². The average molecular weight is 470 g/mol. The van der Waals surface area contributed by atoms with Crippen LogP contribution in [0.2, 0.25) is 5.02 Å². The van der Waals surface area contributed by atoms with Crippen LogP contribution in [0.3, 0.4) is 0 Å². The fraction of sp³-hybridized carbons (Fsp3) is 0.280. The largest absolute Gasteiger partial charge is 0.362 e. The SMILES string of the molecule is CCCN1c2cc(Cl)c(/C=C3/SC(=Nc4ccc(F)cc4)NC3=O)cc2C(C)=CC1(C)C. The fourth-order valence-electron chi connectivity index (χ4n) is 4.11. The van der Waals surface area contributed by atoms with Crippen molar-refractivity contribution in [3.8, 4) is 0 Å². The number of allylic oxidation sites excluding steroid dienone is 1. The zero-order valence-electron chi connectivity index (χ0n) is 18.5. The minimum atomic E-state index is -0.329. The van der Waals surface area contributed by atoms with Crippen LogP contribution in [0, 0.1) is 5.82 Å². The van der Waals surface area contributed by atoms with E-state index in [1.807, 2.05) is 6.07 Å². The Labute approximate surface area is 197 Å². The smallest absolute Gasteiger partial charge is 0.264 e. The Balaban J connectivity index is 1.67. The van der Waals surface area contributed by atoms with Crippen LogP contribution in [-0.2, 0) is 4.79 Å². The number of carbonyl (C=O) groups excluding carboxylic acids is 1. The summed E-state index contributed by atoms with van der Waals surface area (Å²) in [7, 11) is 0. The molecule has 4 rings (SSSR count). The molecule has 1 N–H and O–H groups in total. The molecule has 0 bridgehead atoms. The lowest BCUT2D eigenvalue weighted by Crippen LogP contribution is -2.45. The van der Waals surface area contributed by atoms with E-state index in [0.29, 0.717) is 20.8 Å². The van der Waals surface area contributed by atoms with Crippen LogP contribution in [0.4, 0.5) is 15.8 Å². The molecule has 32 heavy (non-hydrogen) atoms. The summed E-state index contributed by atoms with van der Waals surface area (Å²) in [5, 5.41) is 3.81. The van der Waals surface area contributed by atoms with E-state index in [4.69, 9.17) is 11.6 Å². The highest BCUT2D eigenvalue weighted by molar-refractivity contribution is 8.18. The fourth-order valence-corrected chi connectivity index (χ4v) is 5.16. The molecule has 0 unspecified atom stereocenters. The summed E-state index contributed by atoms with van der Waals surface area (Å²) >= 11 is 7.92. The van der Waals surface area contributed by atoms with Crippen LogP contribution in [-0.4, -0.2) is 23.2 Å². The van der Waals surface area contributed by atoms with Gasteiger partial charge in [0.1, 0.15) is 5.82 Å². The zero-order chi connectivity index (χ0) is 23.0. The summed E-state index contributed by atoms with van der Waals surface area (Å²) in [6.07, 6.45) is 5.11. The van der Waals surface area contributed by atoms with Crippen LogP contribution in [0.15, 0.2) is 52.4 Å². The molecule has 0 radical (unpaired) electrons. The number of fused-ring (bicyclic) bond motifs is 1. The van der Waals surface area contributed by atoms with Crippen molar-refractivity contribution < 1.29 is 9.18 Å². The molecule has 2 aliphatic rings. The summed E-state index contributed by atoms with van der Waals surface area (Å²) in [5.41, 5.74) is 4.69. The number of carbonyl (C=O) groups is 1. The predicted octanol–water partition coefficient (Wildman–Crippen LogP) is 6.78. The van der Waals surface area contributed by atoms with Crippen LogP contribution < -0.4 is 10.2 Å². The monoisotopic (exact) mass is 469 g/mol. The normalized spacial score (nSPS) is 19.9. The second kappa shape index (κ2) is 8.75. The Morgan fingerprint density at radius 3 is 2.66 bits per heavy atom. The first-order valence-electron chi connectivity index (χ1n) is 10.5. The van der Waals surface area contributed by atoms with Gasteiger partial charge in [0.15, 0.2) is 5.17 Å². The van der Waals surface area contributed by atoms with Gasteiger partial charge in [-0.25, -0.2) is 9.38 Å². The molecule has 4 nitrogen and oxygen atoms in total. The highest BCUT2D eigenvalue weighted by Crippen LogP contribution is 2.42. The number of amides is 1. The van der Waals surface area contributed by atoms with E-state index < -0.39 is 0 Å². The molecule has 2 aromatic rings. The number of hydrogen-bond donors (Lipinski definition) is 1. The van der Waals surface area contributed by atoms with Crippen LogP contribution >= 0.6 is 23.4 Å².